The lowest BCUT2D eigenvalue weighted by Gasteiger charge is -2.19. The molecule has 0 radical (unpaired) electrons. The number of carbonyl (C=O) groups is 1. The van der Waals surface area contributed by atoms with Crippen molar-refractivity contribution in [3.8, 4) is 5.75 Å². The lowest BCUT2D eigenvalue weighted by atomic mass is 10.2. The molecule has 1 heterocycles. The third-order valence-corrected chi connectivity index (χ3v) is 1.99. The lowest BCUT2D eigenvalue weighted by Crippen LogP contribution is -2.25. The van der Waals surface area contributed by atoms with Gasteiger partial charge in [0.2, 0.25) is 0 Å². The Hall–Kier alpha value is -1.36. The third-order valence-electron chi connectivity index (χ3n) is 1.73. The Morgan fingerprint density at radius 3 is 2.59 bits per heavy atom. The van der Waals surface area contributed by atoms with Crippen LogP contribution in [0, 0.1) is 0 Å². The summed E-state index contributed by atoms with van der Waals surface area (Å²) in [5.41, 5.74) is -0.0541. The number of halogens is 1. The lowest BCUT2D eigenvalue weighted by molar-refractivity contribution is -0.154. The third kappa shape index (κ3) is 4.56. The largest absolute Gasteiger partial charge is 0.493 e. The van der Waals surface area contributed by atoms with Gasteiger partial charge >= 0.3 is 5.97 Å². The normalized spacial score (nSPS) is 11.1. The van der Waals surface area contributed by atoms with Gasteiger partial charge in [0.1, 0.15) is 5.60 Å². The van der Waals surface area contributed by atoms with Crippen LogP contribution in [0.15, 0.2) is 6.07 Å². The molecule has 0 N–H and O–H groups in total. The highest BCUT2D eigenvalue weighted by Crippen LogP contribution is 2.21. The van der Waals surface area contributed by atoms with E-state index in [0.717, 1.165) is 0 Å². The van der Waals surface area contributed by atoms with Crippen LogP contribution in [-0.2, 0) is 16.0 Å². The monoisotopic (exact) mass is 258 g/mol. The van der Waals surface area contributed by atoms with Gasteiger partial charge in [-0.1, -0.05) is 11.6 Å². The molecule has 94 valence electrons. The molecule has 1 aromatic heterocycles. The molecule has 17 heavy (non-hydrogen) atoms. The summed E-state index contributed by atoms with van der Waals surface area (Å²) < 4.78 is 10.1. The minimum atomic E-state index is -0.513. The van der Waals surface area contributed by atoms with E-state index in [4.69, 9.17) is 21.1 Å². The summed E-state index contributed by atoms with van der Waals surface area (Å²) in [4.78, 5) is 11.5. The van der Waals surface area contributed by atoms with Crippen molar-refractivity contribution >= 4 is 17.6 Å². The zero-order chi connectivity index (χ0) is 13.1. The number of esters is 1. The van der Waals surface area contributed by atoms with Crippen molar-refractivity contribution in [1.29, 1.82) is 0 Å². The van der Waals surface area contributed by atoms with Crippen LogP contribution in [-0.4, -0.2) is 28.9 Å². The van der Waals surface area contributed by atoms with Gasteiger partial charge in [0.25, 0.3) is 0 Å². The molecule has 1 aromatic rings. The van der Waals surface area contributed by atoms with Crippen LogP contribution in [0.1, 0.15) is 26.5 Å². The van der Waals surface area contributed by atoms with Crippen LogP contribution in [0.4, 0.5) is 0 Å². The van der Waals surface area contributed by atoms with Crippen molar-refractivity contribution in [2.75, 3.05) is 7.11 Å². The number of aromatic nitrogens is 2. The van der Waals surface area contributed by atoms with E-state index in [2.05, 4.69) is 10.2 Å². The summed E-state index contributed by atoms with van der Waals surface area (Å²) in [6, 6.07) is 1.57. The molecule has 0 spiro atoms. The Morgan fingerprint density at radius 1 is 1.41 bits per heavy atom. The second-order valence-electron chi connectivity index (χ2n) is 4.46. The van der Waals surface area contributed by atoms with Gasteiger partial charge in [-0.2, -0.15) is 5.10 Å². The molecule has 0 bridgehead atoms. The Bertz CT molecular complexity index is 416. The smallest absolute Gasteiger partial charge is 0.312 e. The highest BCUT2D eigenvalue weighted by molar-refractivity contribution is 6.30. The Balaban J connectivity index is 2.72. The molecule has 0 aliphatic heterocycles. The molecular formula is C11H15ClN2O3. The van der Waals surface area contributed by atoms with Crippen molar-refractivity contribution in [3.05, 3.63) is 16.9 Å². The summed E-state index contributed by atoms with van der Waals surface area (Å²) in [7, 11) is 1.47. The van der Waals surface area contributed by atoms with Crippen LogP contribution in [0.3, 0.4) is 0 Å². The van der Waals surface area contributed by atoms with Crippen LogP contribution < -0.4 is 4.74 Å². The van der Waals surface area contributed by atoms with E-state index in [1.807, 2.05) is 0 Å². The van der Waals surface area contributed by atoms with Gasteiger partial charge in [-0.15, -0.1) is 5.10 Å². The zero-order valence-corrected chi connectivity index (χ0v) is 11.0. The number of hydrogen-bond donors (Lipinski definition) is 0. The maximum absolute atomic E-state index is 11.5. The van der Waals surface area contributed by atoms with Gasteiger partial charge < -0.3 is 9.47 Å². The second kappa shape index (κ2) is 5.31. The van der Waals surface area contributed by atoms with E-state index in [1.165, 1.54) is 7.11 Å². The molecule has 6 heteroatoms. The Labute approximate surface area is 105 Å². The molecule has 0 fully saturated rings. The highest BCUT2D eigenvalue weighted by Gasteiger charge is 2.17. The first-order chi connectivity index (χ1) is 7.81. The predicted octanol–water partition coefficient (Wildman–Crippen LogP) is 2.02. The minimum Gasteiger partial charge on any atom is -0.493 e. The fourth-order valence-corrected chi connectivity index (χ4v) is 1.32. The molecule has 0 aliphatic rings. The van der Waals surface area contributed by atoms with Gasteiger partial charge in [-0.3, -0.25) is 4.79 Å². The van der Waals surface area contributed by atoms with E-state index in [1.54, 1.807) is 26.8 Å². The van der Waals surface area contributed by atoms with Crippen LogP contribution >= 0.6 is 11.6 Å². The molecule has 0 aliphatic carbocycles. The van der Waals surface area contributed by atoms with Gasteiger partial charge in [0, 0.05) is 6.07 Å². The van der Waals surface area contributed by atoms with Gasteiger partial charge in [-0.25, -0.2) is 0 Å². The summed E-state index contributed by atoms with van der Waals surface area (Å²) in [6.45, 7) is 5.41. The molecule has 5 nitrogen and oxygen atoms in total. The maximum Gasteiger partial charge on any atom is 0.312 e. The van der Waals surface area contributed by atoms with Crippen LogP contribution in [0.2, 0.25) is 5.15 Å². The zero-order valence-electron chi connectivity index (χ0n) is 10.3. The molecule has 0 unspecified atom stereocenters. The molecule has 0 saturated heterocycles. The number of methoxy groups -OCH3 is 1. The van der Waals surface area contributed by atoms with Crippen molar-refractivity contribution in [2.45, 2.75) is 32.8 Å². The second-order valence-corrected chi connectivity index (χ2v) is 4.82. The first-order valence-electron chi connectivity index (χ1n) is 5.10. The fourth-order valence-electron chi connectivity index (χ4n) is 1.15. The number of ether oxygens (including phenoxy) is 2. The quantitative estimate of drug-likeness (QED) is 0.777. The number of rotatable bonds is 3. The van der Waals surface area contributed by atoms with Crippen LogP contribution in [0.25, 0.3) is 0 Å². The van der Waals surface area contributed by atoms with E-state index in [9.17, 15) is 4.79 Å². The van der Waals surface area contributed by atoms with Crippen molar-refractivity contribution in [1.82, 2.24) is 10.2 Å². The predicted molar refractivity (Wildman–Crippen MR) is 63.1 cm³/mol. The van der Waals surface area contributed by atoms with E-state index in [0.29, 0.717) is 11.4 Å². The average molecular weight is 259 g/mol. The molecule has 0 saturated carbocycles. The van der Waals surface area contributed by atoms with Crippen molar-refractivity contribution in [2.24, 2.45) is 0 Å². The SMILES string of the molecule is COc1cc(CC(=O)OC(C)(C)C)nnc1Cl. The summed E-state index contributed by atoms with van der Waals surface area (Å²) >= 11 is 5.72. The first-order valence-corrected chi connectivity index (χ1v) is 5.47. The van der Waals surface area contributed by atoms with Crippen molar-refractivity contribution in [3.63, 3.8) is 0 Å². The minimum absolute atomic E-state index is 0.0395. The topological polar surface area (TPSA) is 61.3 Å². The van der Waals surface area contributed by atoms with Gasteiger partial charge in [0.05, 0.1) is 19.2 Å². The van der Waals surface area contributed by atoms with Crippen molar-refractivity contribution < 1.29 is 14.3 Å². The standard InChI is InChI=1S/C11H15ClN2O3/c1-11(2,3)17-9(15)6-7-5-8(16-4)10(12)14-13-7/h5H,6H2,1-4H3. The maximum atomic E-state index is 11.5. The fraction of sp³-hybridized carbons (Fsp3) is 0.545. The molecule has 0 atom stereocenters. The average Bonchev–Trinajstić information content (AvgIpc) is 2.18. The first kappa shape index (κ1) is 13.7. The van der Waals surface area contributed by atoms with E-state index >= 15 is 0 Å². The molecular weight excluding hydrogens is 244 g/mol. The highest BCUT2D eigenvalue weighted by atomic mass is 35.5. The summed E-state index contributed by atoms with van der Waals surface area (Å²) in [5.74, 6) is 0.0244. The number of carbonyl (C=O) groups excluding carboxylic acids is 1. The summed E-state index contributed by atoms with van der Waals surface area (Å²) in [5, 5.41) is 7.64. The molecule has 0 amide bonds. The van der Waals surface area contributed by atoms with Gasteiger partial charge in [-0.05, 0) is 20.8 Å². The van der Waals surface area contributed by atoms with Gasteiger partial charge in [0.15, 0.2) is 10.9 Å². The van der Waals surface area contributed by atoms with E-state index < -0.39 is 5.60 Å². The molecule has 0 aromatic carbocycles. The van der Waals surface area contributed by atoms with E-state index in [-0.39, 0.29) is 17.5 Å². The van der Waals surface area contributed by atoms with Crippen LogP contribution in [0.5, 0.6) is 5.75 Å². The number of nitrogens with zero attached hydrogens (tertiary/aromatic N) is 2. The Morgan fingerprint density at radius 2 is 2.06 bits per heavy atom. The summed E-state index contributed by atoms with van der Waals surface area (Å²) in [6.07, 6.45) is 0.0395. The molecule has 1 rings (SSSR count). The number of hydrogen-bond acceptors (Lipinski definition) is 5. The Kier molecular flexibility index (Phi) is 4.28.